The van der Waals surface area contributed by atoms with Crippen LogP contribution in [0.1, 0.15) is 18.2 Å². The first-order chi connectivity index (χ1) is 11.7. The Bertz CT molecular complexity index is 852. The number of thiazole rings is 1. The highest BCUT2D eigenvalue weighted by molar-refractivity contribution is 7.13. The summed E-state index contributed by atoms with van der Waals surface area (Å²) in [6, 6.07) is 6.73. The van der Waals surface area contributed by atoms with E-state index in [4.69, 9.17) is 4.74 Å². The van der Waals surface area contributed by atoms with Crippen LogP contribution in [-0.4, -0.2) is 19.9 Å². The Morgan fingerprint density at radius 3 is 2.79 bits per heavy atom. The number of benzene rings is 1. The van der Waals surface area contributed by atoms with Crippen LogP contribution in [0.4, 0.5) is 5.69 Å². The molecule has 0 amide bonds. The second-order valence-electron chi connectivity index (χ2n) is 4.92. The number of aryl methyl sites for hydroxylation is 1. The zero-order chi connectivity index (χ0) is 16.9. The fourth-order valence-corrected chi connectivity index (χ4v) is 2.83. The summed E-state index contributed by atoms with van der Waals surface area (Å²) in [5, 5.41) is 13.7. The van der Waals surface area contributed by atoms with Crippen LogP contribution >= 0.6 is 11.3 Å². The summed E-state index contributed by atoms with van der Waals surface area (Å²) in [4.78, 5) is 23.4. The summed E-state index contributed by atoms with van der Waals surface area (Å²) in [6.45, 7) is 2.09. The van der Waals surface area contributed by atoms with Crippen molar-refractivity contribution >= 4 is 17.0 Å². The maximum absolute atomic E-state index is 11.2. The third-order valence-electron chi connectivity index (χ3n) is 3.31. The second-order valence-corrected chi connectivity index (χ2v) is 5.78. The molecule has 0 aliphatic carbocycles. The summed E-state index contributed by atoms with van der Waals surface area (Å²) < 4.78 is 5.59. The lowest BCUT2D eigenvalue weighted by Gasteiger charge is -2.06. The molecule has 0 aliphatic heterocycles. The average molecular weight is 342 g/mol. The number of nitro benzene ring substituents is 1. The molecule has 0 N–H and O–H groups in total. The van der Waals surface area contributed by atoms with E-state index < -0.39 is 4.92 Å². The first-order valence-electron chi connectivity index (χ1n) is 7.29. The van der Waals surface area contributed by atoms with Crippen molar-refractivity contribution in [2.75, 3.05) is 0 Å². The number of hydrogen-bond acceptors (Lipinski definition) is 7. The maximum atomic E-state index is 11.2. The van der Waals surface area contributed by atoms with Crippen molar-refractivity contribution in [1.29, 1.82) is 0 Å². The van der Waals surface area contributed by atoms with E-state index in [1.54, 1.807) is 30.6 Å². The van der Waals surface area contributed by atoms with E-state index in [-0.39, 0.29) is 18.0 Å². The Morgan fingerprint density at radius 1 is 1.29 bits per heavy atom. The monoisotopic (exact) mass is 342 g/mol. The highest BCUT2D eigenvalue weighted by Crippen LogP contribution is 2.29. The van der Waals surface area contributed by atoms with Gasteiger partial charge in [0.15, 0.2) is 16.6 Å². The fourth-order valence-electron chi connectivity index (χ4n) is 2.08. The van der Waals surface area contributed by atoms with Crippen LogP contribution in [0.5, 0.6) is 5.75 Å². The summed E-state index contributed by atoms with van der Waals surface area (Å²) >= 11 is 1.40. The van der Waals surface area contributed by atoms with Crippen LogP contribution in [0.3, 0.4) is 0 Å². The molecule has 0 bridgehead atoms. The molecular formula is C16H14N4O3S. The van der Waals surface area contributed by atoms with E-state index in [2.05, 4.69) is 15.0 Å². The van der Waals surface area contributed by atoms with Crippen LogP contribution in [0.2, 0.25) is 0 Å². The van der Waals surface area contributed by atoms with Gasteiger partial charge < -0.3 is 4.74 Å². The Hall–Kier alpha value is -2.87. The Morgan fingerprint density at radius 2 is 2.08 bits per heavy atom. The summed E-state index contributed by atoms with van der Waals surface area (Å²) in [5.74, 6) is 0.787. The third kappa shape index (κ3) is 3.54. The summed E-state index contributed by atoms with van der Waals surface area (Å²) in [7, 11) is 0. The molecule has 24 heavy (non-hydrogen) atoms. The van der Waals surface area contributed by atoms with Gasteiger partial charge >= 0.3 is 5.69 Å². The van der Waals surface area contributed by atoms with Crippen LogP contribution in [0.25, 0.3) is 10.8 Å². The van der Waals surface area contributed by atoms with Gasteiger partial charge in [0, 0.05) is 23.8 Å². The highest BCUT2D eigenvalue weighted by Gasteiger charge is 2.16. The number of nitro groups is 1. The number of hydrogen-bond donors (Lipinski definition) is 0. The van der Waals surface area contributed by atoms with Gasteiger partial charge in [-0.05, 0) is 24.1 Å². The number of nitrogens with zero attached hydrogens (tertiary/aromatic N) is 4. The van der Waals surface area contributed by atoms with Crippen LogP contribution < -0.4 is 4.74 Å². The van der Waals surface area contributed by atoms with Gasteiger partial charge in [-0.25, -0.2) is 15.0 Å². The van der Waals surface area contributed by atoms with Crippen molar-refractivity contribution in [1.82, 2.24) is 15.0 Å². The maximum Gasteiger partial charge on any atom is 0.311 e. The lowest BCUT2D eigenvalue weighted by molar-refractivity contribution is -0.386. The minimum absolute atomic E-state index is 0.0313. The average Bonchev–Trinajstić information content (AvgIpc) is 3.09. The molecule has 0 radical (unpaired) electrons. The molecule has 0 atom stereocenters. The van der Waals surface area contributed by atoms with E-state index in [9.17, 15) is 10.1 Å². The molecule has 0 fully saturated rings. The SMILES string of the molecule is CCc1ccc(OCc2csc(-c3ncccn3)n2)c([N+](=O)[O-])c1. The topological polar surface area (TPSA) is 91.0 Å². The van der Waals surface area contributed by atoms with Gasteiger partial charge in [-0.2, -0.15) is 0 Å². The van der Waals surface area contributed by atoms with Crippen molar-refractivity contribution in [3.63, 3.8) is 0 Å². The van der Waals surface area contributed by atoms with Gasteiger partial charge in [0.25, 0.3) is 0 Å². The molecule has 1 aromatic carbocycles. The number of aromatic nitrogens is 3. The molecule has 0 aliphatic rings. The van der Waals surface area contributed by atoms with Gasteiger partial charge in [0.05, 0.1) is 10.6 Å². The standard InChI is InChI=1S/C16H14N4O3S/c1-2-11-4-5-14(13(8-11)20(21)22)23-9-12-10-24-16(19-12)15-17-6-3-7-18-15/h3-8,10H,2,9H2,1H3. The van der Waals surface area contributed by atoms with E-state index in [1.165, 1.54) is 11.3 Å². The first-order valence-corrected chi connectivity index (χ1v) is 8.17. The minimum Gasteiger partial charge on any atom is -0.480 e. The smallest absolute Gasteiger partial charge is 0.311 e. The normalized spacial score (nSPS) is 10.5. The van der Waals surface area contributed by atoms with Crippen molar-refractivity contribution in [2.24, 2.45) is 0 Å². The van der Waals surface area contributed by atoms with Crippen molar-refractivity contribution in [3.8, 4) is 16.6 Å². The van der Waals surface area contributed by atoms with E-state index in [0.29, 0.717) is 16.5 Å². The van der Waals surface area contributed by atoms with Crippen LogP contribution in [0.15, 0.2) is 42.0 Å². The zero-order valence-corrected chi connectivity index (χ0v) is 13.7. The van der Waals surface area contributed by atoms with E-state index in [0.717, 1.165) is 12.0 Å². The molecule has 2 aromatic heterocycles. The fraction of sp³-hybridized carbons (Fsp3) is 0.188. The molecule has 7 nitrogen and oxygen atoms in total. The third-order valence-corrected chi connectivity index (χ3v) is 4.20. The van der Waals surface area contributed by atoms with Crippen LogP contribution in [-0.2, 0) is 13.0 Å². The van der Waals surface area contributed by atoms with E-state index >= 15 is 0 Å². The molecule has 3 rings (SSSR count). The summed E-state index contributed by atoms with van der Waals surface area (Å²) in [5.41, 5.74) is 1.54. The molecule has 122 valence electrons. The van der Waals surface area contributed by atoms with Gasteiger partial charge in [-0.15, -0.1) is 11.3 Å². The highest BCUT2D eigenvalue weighted by atomic mass is 32.1. The largest absolute Gasteiger partial charge is 0.480 e. The first kappa shape index (κ1) is 16.0. The molecule has 0 spiro atoms. The van der Waals surface area contributed by atoms with Crippen molar-refractivity contribution in [2.45, 2.75) is 20.0 Å². The molecule has 0 unspecified atom stereocenters. The van der Waals surface area contributed by atoms with Gasteiger partial charge in [-0.3, -0.25) is 10.1 Å². The second kappa shape index (κ2) is 7.14. The Kier molecular flexibility index (Phi) is 4.76. The van der Waals surface area contributed by atoms with Gasteiger partial charge in [0.1, 0.15) is 6.61 Å². The van der Waals surface area contributed by atoms with E-state index in [1.807, 2.05) is 18.4 Å². The molecule has 2 heterocycles. The van der Waals surface area contributed by atoms with Gasteiger partial charge in [0.2, 0.25) is 0 Å². The van der Waals surface area contributed by atoms with Crippen molar-refractivity contribution in [3.05, 3.63) is 63.4 Å². The molecule has 0 saturated heterocycles. The summed E-state index contributed by atoms with van der Waals surface area (Å²) in [6.07, 6.45) is 4.03. The van der Waals surface area contributed by atoms with Crippen molar-refractivity contribution < 1.29 is 9.66 Å². The quantitative estimate of drug-likeness (QED) is 0.501. The number of ether oxygens (including phenoxy) is 1. The molecule has 3 aromatic rings. The Labute approximate surface area is 142 Å². The predicted molar refractivity (Wildman–Crippen MR) is 89.9 cm³/mol. The lowest BCUT2D eigenvalue weighted by Crippen LogP contribution is -2.00. The number of rotatable bonds is 6. The molecule has 0 saturated carbocycles. The molecular weight excluding hydrogens is 328 g/mol. The minimum atomic E-state index is -0.432. The molecule has 8 heteroatoms. The lowest BCUT2D eigenvalue weighted by atomic mass is 10.1. The van der Waals surface area contributed by atoms with Crippen LogP contribution in [0, 0.1) is 10.1 Å². The Balaban J connectivity index is 1.75. The zero-order valence-electron chi connectivity index (χ0n) is 12.9. The predicted octanol–water partition coefficient (Wildman–Crippen LogP) is 3.65. The van der Waals surface area contributed by atoms with Gasteiger partial charge in [-0.1, -0.05) is 13.0 Å².